The van der Waals surface area contributed by atoms with Gasteiger partial charge in [-0.15, -0.1) is 0 Å². The summed E-state index contributed by atoms with van der Waals surface area (Å²) in [7, 11) is 3.06. The third-order valence-corrected chi connectivity index (χ3v) is 3.07. The molecule has 0 heterocycles. The minimum atomic E-state index is -0.622. The van der Waals surface area contributed by atoms with Crippen molar-refractivity contribution in [3.05, 3.63) is 48.0 Å². The summed E-state index contributed by atoms with van der Waals surface area (Å²) in [6.07, 6.45) is 0. The second-order valence-electron chi connectivity index (χ2n) is 4.54. The highest BCUT2D eigenvalue weighted by Gasteiger charge is 2.13. The summed E-state index contributed by atoms with van der Waals surface area (Å²) >= 11 is 0. The fraction of sp³-hybridized carbons (Fsp3) is 0.235. The van der Waals surface area contributed by atoms with Gasteiger partial charge in [0.1, 0.15) is 41.8 Å². The number of hydrogen-bond acceptors (Lipinski definition) is 6. The zero-order chi connectivity index (χ0) is 16.7. The molecule has 1 N–H and O–H groups in total. The van der Waals surface area contributed by atoms with Crippen LogP contribution in [-0.4, -0.2) is 38.5 Å². The van der Waals surface area contributed by atoms with Gasteiger partial charge in [0.25, 0.3) is 0 Å². The van der Waals surface area contributed by atoms with E-state index in [1.165, 1.54) is 19.2 Å². The van der Waals surface area contributed by atoms with Gasteiger partial charge in [0.2, 0.25) is 0 Å². The first kappa shape index (κ1) is 16.5. The molecule has 2 rings (SSSR count). The molecule has 0 saturated carbocycles. The number of rotatable bonds is 7. The normalized spacial score (nSPS) is 10.0. The molecule has 6 nitrogen and oxygen atoms in total. The Kier molecular flexibility index (Phi) is 5.68. The zero-order valence-electron chi connectivity index (χ0n) is 12.9. The second kappa shape index (κ2) is 7.93. The van der Waals surface area contributed by atoms with Crippen molar-refractivity contribution in [1.29, 1.82) is 0 Å². The maximum Gasteiger partial charge on any atom is 0.342 e. The van der Waals surface area contributed by atoms with Gasteiger partial charge in [0.05, 0.1) is 14.2 Å². The molecule has 122 valence electrons. The van der Waals surface area contributed by atoms with E-state index >= 15 is 0 Å². The smallest absolute Gasteiger partial charge is 0.342 e. The van der Waals surface area contributed by atoms with E-state index in [0.717, 1.165) is 5.75 Å². The molecule has 0 atom stereocenters. The molecule has 0 amide bonds. The first-order valence-corrected chi connectivity index (χ1v) is 6.95. The van der Waals surface area contributed by atoms with Crippen LogP contribution in [0.25, 0.3) is 0 Å². The summed E-state index contributed by atoms with van der Waals surface area (Å²) in [5, 5.41) is 9.75. The topological polar surface area (TPSA) is 74.2 Å². The molecule has 0 aliphatic rings. The van der Waals surface area contributed by atoms with Gasteiger partial charge in [-0.2, -0.15) is 0 Å². The first-order chi connectivity index (χ1) is 11.1. The fourth-order valence-corrected chi connectivity index (χ4v) is 1.85. The van der Waals surface area contributed by atoms with Crippen LogP contribution in [0.2, 0.25) is 0 Å². The van der Waals surface area contributed by atoms with Gasteiger partial charge in [0.15, 0.2) is 0 Å². The van der Waals surface area contributed by atoms with Crippen LogP contribution in [0, 0.1) is 0 Å². The first-order valence-electron chi connectivity index (χ1n) is 6.95. The Balaban J connectivity index is 1.80. The van der Waals surface area contributed by atoms with Crippen molar-refractivity contribution in [3.63, 3.8) is 0 Å². The summed E-state index contributed by atoms with van der Waals surface area (Å²) in [4.78, 5) is 11.9. The number of carbonyl (C=O) groups is 1. The Bertz CT molecular complexity index is 651. The van der Waals surface area contributed by atoms with Crippen molar-refractivity contribution in [2.45, 2.75) is 0 Å². The molecule has 0 saturated heterocycles. The average Bonchev–Trinajstić information content (AvgIpc) is 2.58. The Labute approximate surface area is 134 Å². The number of phenols is 1. The molecule has 0 radical (unpaired) electrons. The summed E-state index contributed by atoms with van der Waals surface area (Å²) in [5.41, 5.74) is 0.0789. The molecule has 0 bridgehead atoms. The largest absolute Gasteiger partial charge is 0.507 e. The molecule has 0 unspecified atom stereocenters. The lowest BCUT2D eigenvalue weighted by atomic mass is 10.2. The molecular weight excluding hydrogens is 300 g/mol. The van der Waals surface area contributed by atoms with E-state index < -0.39 is 5.97 Å². The second-order valence-corrected chi connectivity index (χ2v) is 4.54. The van der Waals surface area contributed by atoms with Crippen LogP contribution >= 0.6 is 0 Å². The lowest BCUT2D eigenvalue weighted by molar-refractivity contribution is 0.0447. The van der Waals surface area contributed by atoms with Gasteiger partial charge in [0, 0.05) is 6.07 Å². The van der Waals surface area contributed by atoms with Crippen molar-refractivity contribution in [2.75, 3.05) is 27.4 Å². The highest BCUT2D eigenvalue weighted by Crippen LogP contribution is 2.24. The Morgan fingerprint density at radius 2 is 1.52 bits per heavy atom. The monoisotopic (exact) mass is 318 g/mol. The molecule has 0 aliphatic carbocycles. The Morgan fingerprint density at radius 3 is 2.13 bits per heavy atom. The average molecular weight is 318 g/mol. The van der Waals surface area contributed by atoms with Gasteiger partial charge < -0.3 is 24.1 Å². The summed E-state index contributed by atoms with van der Waals surface area (Å²) in [6, 6.07) is 11.4. The van der Waals surface area contributed by atoms with Crippen molar-refractivity contribution >= 4 is 5.97 Å². The number of hydrogen-bond donors (Lipinski definition) is 1. The van der Waals surface area contributed by atoms with E-state index in [1.54, 1.807) is 37.4 Å². The molecule has 0 aromatic heterocycles. The van der Waals surface area contributed by atoms with Gasteiger partial charge >= 0.3 is 5.97 Å². The van der Waals surface area contributed by atoms with Crippen molar-refractivity contribution in [2.24, 2.45) is 0 Å². The summed E-state index contributed by atoms with van der Waals surface area (Å²) < 4.78 is 20.5. The van der Waals surface area contributed by atoms with Crippen LogP contribution < -0.4 is 14.2 Å². The quantitative estimate of drug-likeness (QED) is 0.625. The van der Waals surface area contributed by atoms with Crippen LogP contribution in [0.5, 0.6) is 23.0 Å². The van der Waals surface area contributed by atoms with Crippen LogP contribution in [0.15, 0.2) is 42.5 Å². The predicted octanol–water partition coefficient (Wildman–Crippen LogP) is 2.65. The van der Waals surface area contributed by atoms with Crippen molar-refractivity contribution < 1.29 is 28.8 Å². The third-order valence-electron chi connectivity index (χ3n) is 3.07. The molecule has 23 heavy (non-hydrogen) atoms. The van der Waals surface area contributed by atoms with E-state index in [0.29, 0.717) is 11.5 Å². The van der Waals surface area contributed by atoms with Gasteiger partial charge in [-0.3, -0.25) is 0 Å². The molecule has 6 heteroatoms. The van der Waals surface area contributed by atoms with Gasteiger partial charge in [-0.25, -0.2) is 4.79 Å². The molecule has 0 spiro atoms. The zero-order valence-corrected chi connectivity index (χ0v) is 12.9. The minimum Gasteiger partial charge on any atom is -0.507 e. The highest BCUT2D eigenvalue weighted by molar-refractivity contribution is 5.92. The molecular formula is C17H18O6. The summed E-state index contributed by atoms with van der Waals surface area (Å²) in [5.74, 6) is 1.03. The lowest BCUT2D eigenvalue weighted by Gasteiger charge is -2.09. The standard InChI is InChI=1S/C17H18O6/c1-20-12-3-5-13(6-4-12)22-9-10-23-17(19)15-8-7-14(21-2)11-16(15)18/h3-8,11,18H,9-10H2,1-2H3. The number of esters is 1. The minimum absolute atomic E-state index is 0.0658. The Hall–Kier alpha value is -2.89. The van der Waals surface area contributed by atoms with E-state index in [2.05, 4.69) is 0 Å². The SMILES string of the molecule is COc1ccc(OCCOC(=O)c2ccc(OC)cc2O)cc1. The molecule has 2 aromatic rings. The Morgan fingerprint density at radius 1 is 0.913 bits per heavy atom. The maximum atomic E-state index is 11.9. The highest BCUT2D eigenvalue weighted by atomic mass is 16.6. The number of methoxy groups -OCH3 is 2. The summed E-state index contributed by atoms with van der Waals surface area (Å²) in [6.45, 7) is 0.269. The van der Waals surface area contributed by atoms with Crippen LogP contribution in [0.1, 0.15) is 10.4 Å². The van der Waals surface area contributed by atoms with E-state index in [9.17, 15) is 9.90 Å². The third kappa shape index (κ3) is 4.54. The predicted molar refractivity (Wildman–Crippen MR) is 83.4 cm³/mol. The van der Waals surface area contributed by atoms with Gasteiger partial charge in [-0.1, -0.05) is 0 Å². The molecule has 2 aromatic carbocycles. The number of aromatic hydroxyl groups is 1. The van der Waals surface area contributed by atoms with Gasteiger partial charge in [-0.05, 0) is 36.4 Å². The number of ether oxygens (including phenoxy) is 4. The van der Waals surface area contributed by atoms with Crippen molar-refractivity contribution in [3.8, 4) is 23.0 Å². The van der Waals surface area contributed by atoms with Crippen LogP contribution in [0.3, 0.4) is 0 Å². The maximum absolute atomic E-state index is 11.9. The number of benzene rings is 2. The van der Waals surface area contributed by atoms with Crippen molar-refractivity contribution in [1.82, 2.24) is 0 Å². The van der Waals surface area contributed by atoms with E-state index in [1.807, 2.05) is 0 Å². The molecule has 0 aliphatic heterocycles. The number of phenolic OH excluding ortho intramolecular Hbond substituents is 1. The molecule has 0 fully saturated rings. The van der Waals surface area contributed by atoms with E-state index in [4.69, 9.17) is 18.9 Å². The lowest BCUT2D eigenvalue weighted by Crippen LogP contribution is -2.12. The fourth-order valence-electron chi connectivity index (χ4n) is 1.85. The number of carbonyl (C=O) groups excluding carboxylic acids is 1. The van der Waals surface area contributed by atoms with Crippen LogP contribution in [-0.2, 0) is 4.74 Å². The van der Waals surface area contributed by atoms with Crippen LogP contribution in [0.4, 0.5) is 0 Å². The van der Waals surface area contributed by atoms with E-state index in [-0.39, 0.29) is 24.5 Å².